The van der Waals surface area contributed by atoms with Crippen molar-refractivity contribution in [1.29, 1.82) is 0 Å². The van der Waals surface area contributed by atoms with Gasteiger partial charge in [-0.3, -0.25) is 0 Å². The highest BCUT2D eigenvalue weighted by Gasteiger charge is 2.45. The molecule has 4 heteroatoms. The Labute approximate surface area is 109 Å². The van der Waals surface area contributed by atoms with Gasteiger partial charge in [-0.05, 0) is 44.4 Å². The summed E-state index contributed by atoms with van der Waals surface area (Å²) in [6.45, 7) is 8.89. The van der Waals surface area contributed by atoms with Crippen LogP contribution >= 0.6 is 0 Å². The topological polar surface area (TPSA) is 27.7 Å². The second-order valence-corrected chi connectivity index (χ2v) is 5.74. The largest absolute Gasteiger partial charge is 0.499 e. The Balaban J connectivity index is 2.13. The molecule has 96 valence electrons. The van der Waals surface area contributed by atoms with E-state index in [4.69, 9.17) is 14.0 Å². The molecule has 1 aromatic carbocycles. The molecule has 2 heterocycles. The standard InChI is InChI=1S/C14H19BO3/c1-5-10-12-9(2)6-7-11-13(12)15(17-10)18-14(3,4)8-16-11/h6-7,10H,5,8H2,1-4H3/t10-/m1/s1. The fourth-order valence-corrected chi connectivity index (χ4v) is 2.77. The van der Waals surface area contributed by atoms with E-state index in [9.17, 15) is 0 Å². The SMILES string of the molecule is CC[C@H]1OB2OC(C)(C)COc3ccc(C)c1c32. The molecule has 0 amide bonds. The van der Waals surface area contributed by atoms with Crippen LogP contribution in [0.15, 0.2) is 12.1 Å². The van der Waals surface area contributed by atoms with Crippen LogP contribution in [0.4, 0.5) is 0 Å². The van der Waals surface area contributed by atoms with E-state index in [1.807, 2.05) is 19.9 Å². The molecule has 1 aromatic rings. The molecule has 0 radical (unpaired) electrons. The predicted octanol–water partition coefficient (Wildman–Crippen LogP) is 2.36. The molecule has 3 rings (SSSR count). The van der Waals surface area contributed by atoms with E-state index in [0.717, 1.165) is 17.6 Å². The Morgan fingerprint density at radius 3 is 2.89 bits per heavy atom. The van der Waals surface area contributed by atoms with Gasteiger partial charge in [-0.25, -0.2) is 0 Å². The highest BCUT2D eigenvalue weighted by atomic mass is 16.6. The number of ether oxygens (including phenoxy) is 1. The summed E-state index contributed by atoms with van der Waals surface area (Å²) in [6.07, 6.45) is 1.08. The summed E-state index contributed by atoms with van der Waals surface area (Å²) in [5.41, 5.74) is 3.30. The van der Waals surface area contributed by atoms with Crippen molar-refractivity contribution in [2.24, 2.45) is 0 Å². The summed E-state index contributed by atoms with van der Waals surface area (Å²) < 4.78 is 18.0. The highest BCUT2D eigenvalue weighted by molar-refractivity contribution is 6.64. The average Bonchev–Trinajstić information content (AvgIpc) is 2.61. The summed E-state index contributed by atoms with van der Waals surface area (Å²) in [5, 5.41) is 0. The van der Waals surface area contributed by atoms with Crippen molar-refractivity contribution in [3.05, 3.63) is 23.3 Å². The molecule has 0 unspecified atom stereocenters. The monoisotopic (exact) mass is 246 g/mol. The molecule has 0 aromatic heterocycles. The van der Waals surface area contributed by atoms with Crippen molar-refractivity contribution in [2.45, 2.75) is 45.8 Å². The number of hydrogen-bond donors (Lipinski definition) is 0. The normalized spacial score (nSPS) is 24.4. The summed E-state index contributed by atoms with van der Waals surface area (Å²) >= 11 is 0. The molecule has 2 aliphatic heterocycles. The van der Waals surface area contributed by atoms with Gasteiger partial charge in [-0.2, -0.15) is 0 Å². The van der Waals surface area contributed by atoms with Crippen molar-refractivity contribution in [3.8, 4) is 5.75 Å². The van der Waals surface area contributed by atoms with Crippen molar-refractivity contribution >= 4 is 12.6 Å². The number of hydrogen-bond acceptors (Lipinski definition) is 3. The summed E-state index contributed by atoms with van der Waals surface area (Å²) in [4.78, 5) is 0. The van der Waals surface area contributed by atoms with Crippen molar-refractivity contribution in [2.75, 3.05) is 6.61 Å². The van der Waals surface area contributed by atoms with Gasteiger partial charge in [0.25, 0.3) is 0 Å². The first-order valence-electron chi connectivity index (χ1n) is 6.61. The first-order chi connectivity index (χ1) is 8.52. The van der Waals surface area contributed by atoms with Crippen LogP contribution in [0, 0.1) is 6.92 Å². The maximum atomic E-state index is 6.07. The van der Waals surface area contributed by atoms with Gasteiger partial charge in [0.2, 0.25) is 0 Å². The van der Waals surface area contributed by atoms with E-state index in [1.54, 1.807) is 0 Å². The van der Waals surface area contributed by atoms with Crippen LogP contribution in [0.1, 0.15) is 44.4 Å². The lowest BCUT2D eigenvalue weighted by Crippen LogP contribution is -2.40. The van der Waals surface area contributed by atoms with Crippen molar-refractivity contribution in [1.82, 2.24) is 0 Å². The minimum absolute atomic E-state index is 0.127. The van der Waals surface area contributed by atoms with Gasteiger partial charge >= 0.3 is 7.12 Å². The molecule has 0 fully saturated rings. The van der Waals surface area contributed by atoms with Gasteiger partial charge < -0.3 is 14.0 Å². The average molecular weight is 246 g/mol. The Morgan fingerprint density at radius 1 is 1.39 bits per heavy atom. The van der Waals surface area contributed by atoms with Crippen molar-refractivity contribution < 1.29 is 14.0 Å². The summed E-state index contributed by atoms with van der Waals surface area (Å²) in [6, 6.07) is 4.15. The minimum atomic E-state index is -0.322. The number of rotatable bonds is 1. The van der Waals surface area contributed by atoms with Gasteiger partial charge in [-0.1, -0.05) is 13.0 Å². The Bertz CT molecular complexity index is 484. The van der Waals surface area contributed by atoms with Crippen LogP contribution in [-0.4, -0.2) is 19.3 Å². The Morgan fingerprint density at radius 2 is 2.17 bits per heavy atom. The van der Waals surface area contributed by atoms with Gasteiger partial charge in [0.15, 0.2) is 0 Å². The molecule has 0 spiro atoms. The first kappa shape index (κ1) is 12.1. The second-order valence-electron chi connectivity index (χ2n) is 5.74. The summed E-state index contributed by atoms with van der Waals surface area (Å²) in [7, 11) is -0.280. The lowest BCUT2D eigenvalue weighted by Gasteiger charge is -2.25. The first-order valence-corrected chi connectivity index (χ1v) is 6.61. The fraction of sp³-hybridized carbons (Fsp3) is 0.571. The maximum absolute atomic E-state index is 6.07. The molecule has 18 heavy (non-hydrogen) atoms. The predicted molar refractivity (Wildman–Crippen MR) is 71.3 cm³/mol. The van der Waals surface area contributed by atoms with E-state index in [2.05, 4.69) is 19.9 Å². The third kappa shape index (κ3) is 1.75. The minimum Gasteiger partial charge on any atom is -0.491 e. The van der Waals surface area contributed by atoms with Gasteiger partial charge in [0, 0.05) is 5.46 Å². The molecular weight excluding hydrogens is 227 g/mol. The number of benzene rings is 1. The molecule has 0 saturated heterocycles. The molecule has 0 N–H and O–H groups in total. The molecule has 0 bridgehead atoms. The second kappa shape index (κ2) is 4.00. The van der Waals surface area contributed by atoms with Gasteiger partial charge in [-0.15, -0.1) is 0 Å². The van der Waals surface area contributed by atoms with Crippen LogP contribution in [-0.2, 0) is 9.31 Å². The van der Waals surface area contributed by atoms with Gasteiger partial charge in [0.1, 0.15) is 12.4 Å². The molecule has 0 aliphatic carbocycles. The third-order valence-corrected chi connectivity index (χ3v) is 3.68. The van der Waals surface area contributed by atoms with Crippen LogP contribution in [0.2, 0.25) is 0 Å². The van der Waals surface area contributed by atoms with E-state index < -0.39 is 0 Å². The quantitative estimate of drug-likeness (QED) is 0.712. The van der Waals surface area contributed by atoms with E-state index in [1.165, 1.54) is 11.1 Å². The highest BCUT2D eigenvalue weighted by Crippen LogP contribution is 2.36. The molecule has 0 saturated carbocycles. The zero-order valence-electron chi connectivity index (χ0n) is 11.4. The van der Waals surface area contributed by atoms with Crippen LogP contribution in [0.5, 0.6) is 5.75 Å². The van der Waals surface area contributed by atoms with E-state index in [0.29, 0.717) is 6.61 Å². The Kier molecular flexibility index (Phi) is 2.68. The van der Waals surface area contributed by atoms with Crippen LogP contribution < -0.4 is 10.2 Å². The van der Waals surface area contributed by atoms with Crippen LogP contribution in [0.3, 0.4) is 0 Å². The molecule has 1 atom stereocenters. The zero-order valence-corrected chi connectivity index (χ0v) is 11.4. The van der Waals surface area contributed by atoms with E-state index in [-0.39, 0.29) is 18.8 Å². The fourth-order valence-electron chi connectivity index (χ4n) is 2.77. The molecule has 2 aliphatic rings. The molecule has 3 nitrogen and oxygen atoms in total. The van der Waals surface area contributed by atoms with Crippen molar-refractivity contribution in [3.63, 3.8) is 0 Å². The summed E-state index contributed by atoms with van der Waals surface area (Å²) in [5.74, 6) is 0.919. The maximum Gasteiger partial charge on any atom is 0.499 e. The number of aryl methyl sites for hydroxylation is 1. The zero-order chi connectivity index (χ0) is 12.9. The smallest absolute Gasteiger partial charge is 0.491 e. The van der Waals surface area contributed by atoms with E-state index >= 15 is 0 Å². The lowest BCUT2D eigenvalue weighted by molar-refractivity contribution is 0.0268. The molecular formula is C14H19BO3. The van der Waals surface area contributed by atoms with Crippen LogP contribution in [0.25, 0.3) is 0 Å². The van der Waals surface area contributed by atoms with Gasteiger partial charge in [0.05, 0.1) is 11.7 Å². The lowest BCUT2D eigenvalue weighted by atomic mass is 9.76. The Hall–Kier alpha value is -0.995. The third-order valence-electron chi connectivity index (χ3n) is 3.68.